The van der Waals surface area contributed by atoms with E-state index >= 15 is 0 Å². The highest BCUT2D eigenvalue weighted by Crippen LogP contribution is 2.24. The van der Waals surface area contributed by atoms with Crippen molar-refractivity contribution < 1.29 is 4.79 Å². The van der Waals surface area contributed by atoms with Crippen LogP contribution in [-0.2, 0) is 4.79 Å². The molecule has 3 rings (SSSR count). The van der Waals surface area contributed by atoms with Gasteiger partial charge in [-0.05, 0) is 62.8 Å². The second-order valence-corrected chi connectivity index (χ2v) is 7.63. The molecule has 2 heterocycles. The van der Waals surface area contributed by atoms with Crippen LogP contribution in [0.3, 0.4) is 0 Å². The third kappa shape index (κ3) is 4.85. The van der Waals surface area contributed by atoms with Crippen molar-refractivity contribution >= 4 is 17.5 Å². The van der Waals surface area contributed by atoms with Gasteiger partial charge in [0.25, 0.3) is 0 Å². The number of anilines is 2. The van der Waals surface area contributed by atoms with Gasteiger partial charge in [-0.2, -0.15) is 0 Å². The summed E-state index contributed by atoms with van der Waals surface area (Å²) < 4.78 is 0. The number of aromatic nitrogens is 2. The van der Waals surface area contributed by atoms with Crippen molar-refractivity contribution in [2.24, 2.45) is 5.92 Å². The molecule has 0 radical (unpaired) electrons. The summed E-state index contributed by atoms with van der Waals surface area (Å²) in [4.78, 5) is 23.9. The number of aryl methyl sites for hydroxylation is 2. The quantitative estimate of drug-likeness (QED) is 0.849. The first-order valence-corrected chi connectivity index (χ1v) is 9.94. The van der Waals surface area contributed by atoms with E-state index in [0.717, 1.165) is 55.4 Å². The van der Waals surface area contributed by atoms with E-state index in [0.29, 0.717) is 5.92 Å². The molecule has 0 saturated carbocycles. The van der Waals surface area contributed by atoms with E-state index in [9.17, 15) is 4.79 Å². The fourth-order valence-electron chi connectivity index (χ4n) is 3.57. The third-order valence-electron chi connectivity index (χ3n) is 5.48. The van der Waals surface area contributed by atoms with Gasteiger partial charge in [-0.15, -0.1) is 0 Å². The fourth-order valence-corrected chi connectivity index (χ4v) is 3.57. The van der Waals surface area contributed by atoms with Crippen LogP contribution in [0.2, 0.25) is 0 Å². The van der Waals surface area contributed by atoms with Gasteiger partial charge in [0.2, 0.25) is 11.9 Å². The van der Waals surface area contributed by atoms with Gasteiger partial charge >= 0.3 is 0 Å². The number of nitrogens with zero attached hydrogens (tertiary/aromatic N) is 3. The molecule has 0 bridgehead atoms. The molecule has 0 spiro atoms. The normalized spacial score (nSPS) is 16.2. The zero-order valence-electron chi connectivity index (χ0n) is 16.8. The van der Waals surface area contributed by atoms with E-state index in [-0.39, 0.29) is 11.8 Å². The molecule has 0 unspecified atom stereocenters. The molecule has 1 aliphatic heterocycles. The Kier molecular flexibility index (Phi) is 6.09. The number of rotatable bonds is 5. The molecule has 5 heteroatoms. The van der Waals surface area contributed by atoms with E-state index in [2.05, 4.69) is 46.2 Å². The topological polar surface area (TPSA) is 58.1 Å². The lowest BCUT2D eigenvalue weighted by molar-refractivity contribution is -0.120. The summed E-state index contributed by atoms with van der Waals surface area (Å²) in [6.07, 6.45) is 2.77. The van der Waals surface area contributed by atoms with Crippen LogP contribution in [0.5, 0.6) is 0 Å². The van der Waals surface area contributed by atoms with Crippen LogP contribution in [0.4, 0.5) is 11.6 Å². The molecule has 1 amide bonds. The van der Waals surface area contributed by atoms with Crippen LogP contribution in [0, 0.1) is 19.8 Å². The Hall–Kier alpha value is -2.43. The maximum absolute atomic E-state index is 12.6. The third-order valence-corrected chi connectivity index (χ3v) is 5.48. The molecule has 1 aliphatic rings. The summed E-state index contributed by atoms with van der Waals surface area (Å²) in [5.74, 6) is 1.49. The summed E-state index contributed by atoms with van der Waals surface area (Å²) in [6.45, 7) is 10.0. The van der Waals surface area contributed by atoms with Crippen molar-refractivity contribution in [3.05, 3.63) is 47.3 Å². The van der Waals surface area contributed by atoms with Crippen LogP contribution in [0.25, 0.3) is 0 Å². The molecule has 1 N–H and O–H groups in total. The average Bonchev–Trinajstić information content (AvgIpc) is 2.67. The molecular formula is C22H30N4O. The van der Waals surface area contributed by atoms with E-state index < -0.39 is 0 Å². The molecule has 2 aromatic rings. The zero-order valence-corrected chi connectivity index (χ0v) is 16.8. The van der Waals surface area contributed by atoms with Crippen molar-refractivity contribution in [2.75, 3.05) is 23.3 Å². The summed E-state index contributed by atoms with van der Waals surface area (Å²) >= 11 is 0. The molecule has 5 nitrogen and oxygen atoms in total. The molecule has 1 fully saturated rings. The largest absolute Gasteiger partial charge is 0.341 e. The van der Waals surface area contributed by atoms with Gasteiger partial charge in [0.05, 0.1) is 0 Å². The van der Waals surface area contributed by atoms with E-state index in [1.807, 2.05) is 32.0 Å². The SMILES string of the molecule is CC[C@H](C)c1ccc(NC(=O)C2CCN(c3nc(C)cc(C)n3)CC2)cc1. The lowest BCUT2D eigenvalue weighted by atomic mass is 9.95. The van der Waals surface area contributed by atoms with Crippen molar-refractivity contribution in [1.82, 2.24) is 9.97 Å². The molecule has 27 heavy (non-hydrogen) atoms. The first-order chi connectivity index (χ1) is 13.0. The minimum absolute atomic E-state index is 0.0430. The lowest BCUT2D eigenvalue weighted by Gasteiger charge is -2.31. The van der Waals surface area contributed by atoms with Gasteiger partial charge in [-0.25, -0.2) is 9.97 Å². The van der Waals surface area contributed by atoms with Crippen LogP contribution < -0.4 is 10.2 Å². The molecular weight excluding hydrogens is 336 g/mol. The second kappa shape index (κ2) is 8.51. The molecule has 144 valence electrons. The number of piperidine rings is 1. The molecule has 1 aromatic carbocycles. The molecule has 1 saturated heterocycles. The summed E-state index contributed by atoms with van der Waals surface area (Å²) in [5.41, 5.74) is 4.17. The van der Waals surface area contributed by atoms with E-state index in [1.54, 1.807) is 0 Å². The van der Waals surface area contributed by atoms with Crippen molar-refractivity contribution in [3.63, 3.8) is 0 Å². The number of carbonyl (C=O) groups is 1. The van der Waals surface area contributed by atoms with Gasteiger partial charge < -0.3 is 10.2 Å². The monoisotopic (exact) mass is 366 g/mol. The van der Waals surface area contributed by atoms with Gasteiger partial charge in [-0.3, -0.25) is 4.79 Å². The Morgan fingerprint density at radius 2 is 1.74 bits per heavy atom. The van der Waals surface area contributed by atoms with Gasteiger partial charge in [0, 0.05) is 36.1 Å². The summed E-state index contributed by atoms with van der Waals surface area (Å²) in [7, 11) is 0. The van der Waals surface area contributed by atoms with E-state index in [1.165, 1.54) is 5.56 Å². The lowest BCUT2D eigenvalue weighted by Crippen LogP contribution is -2.39. The Morgan fingerprint density at radius 1 is 1.15 bits per heavy atom. The predicted octanol–water partition coefficient (Wildman–Crippen LogP) is 4.46. The van der Waals surface area contributed by atoms with Crippen LogP contribution in [0.15, 0.2) is 30.3 Å². The number of carbonyl (C=O) groups excluding carboxylic acids is 1. The predicted molar refractivity (Wildman–Crippen MR) is 110 cm³/mol. The Bertz CT molecular complexity index is 759. The number of benzene rings is 1. The zero-order chi connectivity index (χ0) is 19.4. The van der Waals surface area contributed by atoms with Gasteiger partial charge in [0.1, 0.15) is 0 Å². The first-order valence-electron chi connectivity index (χ1n) is 9.94. The van der Waals surface area contributed by atoms with Crippen LogP contribution in [-0.4, -0.2) is 29.0 Å². The number of hydrogen-bond donors (Lipinski definition) is 1. The second-order valence-electron chi connectivity index (χ2n) is 7.63. The average molecular weight is 367 g/mol. The van der Waals surface area contributed by atoms with Crippen LogP contribution in [0.1, 0.15) is 56.0 Å². The summed E-state index contributed by atoms with van der Waals surface area (Å²) in [6, 6.07) is 10.2. The number of amides is 1. The Labute approximate surface area is 162 Å². The van der Waals surface area contributed by atoms with Crippen LogP contribution >= 0.6 is 0 Å². The molecule has 0 aliphatic carbocycles. The van der Waals surface area contributed by atoms with E-state index in [4.69, 9.17) is 0 Å². The summed E-state index contributed by atoms with van der Waals surface area (Å²) in [5, 5.41) is 3.08. The van der Waals surface area contributed by atoms with Gasteiger partial charge in [-0.1, -0.05) is 26.0 Å². The minimum Gasteiger partial charge on any atom is -0.341 e. The highest BCUT2D eigenvalue weighted by molar-refractivity contribution is 5.92. The standard InChI is InChI=1S/C22H30N4O/c1-5-15(2)18-6-8-20(9-7-18)25-21(27)19-10-12-26(13-11-19)22-23-16(3)14-17(4)24-22/h6-9,14-15,19H,5,10-13H2,1-4H3,(H,25,27)/t15-/m0/s1. The first kappa shape index (κ1) is 19.3. The molecule has 1 aromatic heterocycles. The minimum atomic E-state index is 0.0430. The fraction of sp³-hybridized carbons (Fsp3) is 0.500. The highest BCUT2D eigenvalue weighted by atomic mass is 16.1. The van der Waals surface area contributed by atoms with Gasteiger partial charge in [0.15, 0.2) is 0 Å². The molecule has 1 atom stereocenters. The Balaban J connectivity index is 1.55. The van der Waals surface area contributed by atoms with Crippen molar-refractivity contribution in [3.8, 4) is 0 Å². The smallest absolute Gasteiger partial charge is 0.227 e. The van der Waals surface area contributed by atoms with Crippen molar-refractivity contribution in [2.45, 2.75) is 52.9 Å². The highest BCUT2D eigenvalue weighted by Gasteiger charge is 2.26. The number of hydrogen-bond acceptors (Lipinski definition) is 4. The number of nitrogens with one attached hydrogen (secondary N) is 1. The Morgan fingerprint density at radius 3 is 2.30 bits per heavy atom. The maximum atomic E-state index is 12.6. The van der Waals surface area contributed by atoms with Crippen molar-refractivity contribution in [1.29, 1.82) is 0 Å². The maximum Gasteiger partial charge on any atom is 0.227 e.